The number of nitrogens with zero attached hydrogens (tertiary/aromatic N) is 2. The number of pyridine rings is 1. The molecular weight excluding hydrogens is 310 g/mol. The topological polar surface area (TPSA) is 91.8 Å². The molecule has 0 radical (unpaired) electrons. The van der Waals surface area contributed by atoms with E-state index in [1.165, 1.54) is 0 Å². The molecule has 0 aromatic carbocycles. The van der Waals surface area contributed by atoms with Crippen LogP contribution in [0, 0.1) is 11.3 Å². The summed E-state index contributed by atoms with van der Waals surface area (Å²) < 4.78 is 5.60. The average molecular weight is 333 g/mol. The van der Waals surface area contributed by atoms with E-state index in [-0.39, 0.29) is 24.6 Å². The third-order valence-corrected chi connectivity index (χ3v) is 4.94. The van der Waals surface area contributed by atoms with Gasteiger partial charge in [-0.1, -0.05) is 6.42 Å². The highest BCUT2D eigenvalue weighted by molar-refractivity contribution is 5.91. The number of aromatic nitrogens is 1. The number of carbonyl (C=O) groups is 2. The molecule has 130 valence electrons. The van der Waals surface area contributed by atoms with E-state index in [2.05, 4.69) is 10.3 Å². The van der Waals surface area contributed by atoms with Crippen LogP contribution in [0.4, 0.5) is 10.5 Å². The molecule has 2 atom stereocenters. The zero-order valence-corrected chi connectivity index (χ0v) is 14.0. The Morgan fingerprint density at radius 3 is 2.96 bits per heavy atom. The molecule has 0 bridgehead atoms. The lowest BCUT2D eigenvalue weighted by Gasteiger charge is -2.23. The number of anilines is 1. The quantitative estimate of drug-likeness (QED) is 0.883. The average Bonchev–Trinajstić information content (AvgIpc) is 3.06. The summed E-state index contributed by atoms with van der Waals surface area (Å²) in [5.41, 5.74) is -0.276. The van der Waals surface area contributed by atoms with Gasteiger partial charge >= 0.3 is 12.0 Å². The fourth-order valence-electron chi connectivity index (χ4n) is 3.79. The van der Waals surface area contributed by atoms with Gasteiger partial charge in [-0.25, -0.2) is 9.78 Å². The monoisotopic (exact) mass is 333 g/mol. The molecule has 1 aromatic rings. The van der Waals surface area contributed by atoms with Crippen LogP contribution in [0.5, 0.6) is 5.88 Å². The molecule has 1 aromatic heterocycles. The number of carboxylic acid groups (broad SMARTS) is 1. The van der Waals surface area contributed by atoms with Crippen LogP contribution >= 0.6 is 0 Å². The van der Waals surface area contributed by atoms with E-state index in [9.17, 15) is 14.7 Å². The van der Waals surface area contributed by atoms with Crippen LogP contribution < -0.4 is 10.1 Å². The molecule has 1 aliphatic heterocycles. The number of carboxylic acids is 1. The van der Waals surface area contributed by atoms with Gasteiger partial charge in [-0.15, -0.1) is 0 Å². The third kappa shape index (κ3) is 2.90. The molecule has 2 aliphatic rings. The lowest BCUT2D eigenvalue weighted by molar-refractivity contribution is -0.149. The highest BCUT2D eigenvalue weighted by Crippen LogP contribution is 2.49. The molecule has 2 amide bonds. The first-order valence-electron chi connectivity index (χ1n) is 8.33. The number of nitrogens with one attached hydrogen (secondary N) is 1. The van der Waals surface area contributed by atoms with Crippen molar-refractivity contribution in [2.45, 2.75) is 39.2 Å². The van der Waals surface area contributed by atoms with Crippen molar-refractivity contribution in [2.24, 2.45) is 11.3 Å². The summed E-state index contributed by atoms with van der Waals surface area (Å²) in [6.07, 6.45) is 3.97. The molecular formula is C17H23N3O4. The molecule has 2 fully saturated rings. The molecule has 2 heterocycles. The molecule has 0 spiro atoms. The van der Waals surface area contributed by atoms with Crippen molar-refractivity contribution in [1.82, 2.24) is 9.88 Å². The first kappa shape index (κ1) is 16.5. The van der Waals surface area contributed by atoms with Gasteiger partial charge < -0.3 is 20.1 Å². The summed E-state index contributed by atoms with van der Waals surface area (Å²) in [4.78, 5) is 30.1. The van der Waals surface area contributed by atoms with E-state index >= 15 is 0 Å². The Hall–Kier alpha value is -2.31. The second kappa shape index (κ2) is 6.30. The van der Waals surface area contributed by atoms with Crippen LogP contribution in [0.15, 0.2) is 18.3 Å². The second-order valence-electron chi connectivity index (χ2n) is 6.88. The van der Waals surface area contributed by atoms with Gasteiger partial charge in [-0.3, -0.25) is 4.79 Å². The number of hydrogen-bond acceptors (Lipinski definition) is 4. The maximum Gasteiger partial charge on any atom is 0.322 e. The maximum atomic E-state index is 12.6. The highest BCUT2D eigenvalue weighted by Gasteiger charge is 2.55. The van der Waals surface area contributed by atoms with Crippen molar-refractivity contribution in [2.75, 3.05) is 18.4 Å². The third-order valence-electron chi connectivity index (χ3n) is 4.94. The predicted molar refractivity (Wildman–Crippen MR) is 88.0 cm³/mol. The van der Waals surface area contributed by atoms with E-state index in [0.29, 0.717) is 24.5 Å². The Morgan fingerprint density at radius 1 is 1.50 bits per heavy atom. The van der Waals surface area contributed by atoms with Crippen LogP contribution in [0.1, 0.15) is 33.1 Å². The number of amides is 2. The van der Waals surface area contributed by atoms with Crippen molar-refractivity contribution >= 4 is 17.7 Å². The van der Waals surface area contributed by atoms with E-state index in [1.807, 2.05) is 13.8 Å². The van der Waals surface area contributed by atoms with Crippen LogP contribution in [0.25, 0.3) is 0 Å². The predicted octanol–water partition coefficient (Wildman–Crippen LogP) is 2.59. The molecule has 1 saturated heterocycles. The van der Waals surface area contributed by atoms with Crippen LogP contribution in [-0.4, -0.2) is 46.2 Å². The minimum atomic E-state index is -0.787. The van der Waals surface area contributed by atoms with Gasteiger partial charge in [0.05, 0.1) is 11.5 Å². The van der Waals surface area contributed by atoms with Crippen molar-refractivity contribution in [3.63, 3.8) is 0 Å². The summed E-state index contributed by atoms with van der Waals surface area (Å²) >= 11 is 0. The number of urea groups is 1. The van der Waals surface area contributed by atoms with Crippen molar-refractivity contribution in [3.05, 3.63) is 18.3 Å². The summed E-state index contributed by atoms with van der Waals surface area (Å²) in [7, 11) is 0. The van der Waals surface area contributed by atoms with Crippen LogP contribution in [-0.2, 0) is 4.79 Å². The first-order chi connectivity index (χ1) is 11.4. The molecule has 1 aliphatic carbocycles. The Kier molecular flexibility index (Phi) is 4.34. The normalized spacial score (nSPS) is 25.6. The van der Waals surface area contributed by atoms with Crippen LogP contribution in [0.2, 0.25) is 0 Å². The summed E-state index contributed by atoms with van der Waals surface area (Å²) in [6.45, 7) is 4.52. The molecule has 24 heavy (non-hydrogen) atoms. The highest BCUT2D eigenvalue weighted by atomic mass is 16.5. The number of fused-ring (bicyclic) bond motifs is 1. The Morgan fingerprint density at radius 2 is 2.29 bits per heavy atom. The fourth-order valence-corrected chi connectivity index (χ4v) is 3.79. The zero-order valence-electron chi connectivity index (χ0n) is 14.0. The summed E-state index contributed by atoms with van der Waals surface area (Å²) in [6, 6.07) is 3.15. The lowest BCUT2D eigenvalue weighted by atomic mass is 9.81. The molecule has 7 nitrogen and oxygen atoms in total. The van der Waals surface area contributed by atoms with Crippen molar-refractivity contribution in [1.29, 1.82) is 0 Å². The van der Waals surface area contributed by atoms with Gasteiger partial charge in [0.25, 0.3) is 0 Å². The number of rotatable bonds is 4. The van der Waals surface area contributed by atoms with E-state index in [1.54, 1.807) is 23.2 Å². The largest absolute Gasteiger partial charge is 0.481 e. The van der Waals surface area contributed by atoms with Gasteiger partial charge in [0.1, 0.15) is 5.69 Å². The molecule has 2 N–H and O–H groups in total. The minimum absolute atomic E-state index is 0.0426. The number of aliphatic carboxylic acids is 1. The molecule has 7 heteroatoms. The van der Waals surface area contributed by atoms with E-state index in [0.717, 1.165) is 12.8 Å². The zero-order chi connectivity index (χ0) is 17.3. The summed E-state index contributed by atoms with van der Waals surface area (Å²) in [5.74, 6) is -0.375. The Bertz CT molecular complexity index is 648. The van der Waals surface area contributed by atoms with Gasteiger partial charge in [-0.05, 0) is 44.7 Å². The second-order valence-corrected chi connectivity index (χ2v) is 6.88. The van der Waals surface area contributed by atoms with E-state index < -0.39 is 11.4 Å². The molecule has 0 unspecified atom stereocenters. The fraction of sp³-hybridized carbons (Fsp3) is 0.588. The van der Waals surface area contributed by atoms with E-state index in [4.69, 9.17) is 4.74 Å². The molecule has 3 rings (SSSR count). The van der Waals surface area contributed by atoms with Crippen molar-refractivity contribution < 1.29 is 19.4 Å². The van der Waals surface area contributed by atoms with Crippen LogP contribution in [0.3, 0.4) is 0 Å². The van der Waals surface area contributed by atoms with Crippen molar-refractivity contribution in [3.8, 4) is 5.88 Å². The molecule has 1 saturated carbocycles. The smallest absolute Gasteiger partial charge is 0.322 e. The van der Waals surface area contributed by atoms with Gasteiger partial charge in [0.2, 0.25) is 5.88 Å². The minimum Gasteiger partial charge on any atom is -0.481 e. The number of ether oxygens (including phenoxy) is 1. The van der Waals surface area contributed by atoms with Gasteiger partial charge in [-0.2, -0.15) is 0 Å². The Balaban J connectivity index is 1.72. The number of hydrogen-bond donors (Lipinski definition) is 2. The Labute approximate surface area is 141 Å². The summed E-state index contributed by atoms with van der Waals surface area (Å²) in [5, 5.41) is 12.4. The SMILES string of the molecule is CC(C)Oc1ncccc1NC(=O)N1C[C@@H]2CCC[C@@]2(C(=O)O)C1. The lowest BCUT2D eigenvalue weighted by Crippen LogP contribution is -2.38. The maximum absolute atomic E-state index is 12.6. The number of carbonyl (C=O) groups excluding carboxylic acids is 1. The number of likely N-dealkylation sites (tertiary alicyclic amines) is 1. The van der Waals surface area contributed by atoms with Gasteiger partial charge in [0, 0.05) is 19.3 Å². The standard InChI is InChI=1S/C17H23N3O4/c1-11(2)24-14-13(6-4-8-18-14)19-16(23)20-9-12-5-3-7-17(12,10-20)15(21)22/h4,6,8,11-12H,3,5,7,9-10H2,1-2H3,(H,19,23)(H,21,22)/t12-,17+/m0/s1. The first-order valence-corrected chi connectivity index (χ1v) is 8.33. The van der Waals surface area contributed by atoms with Gasteiger partial charge in [0.15, 0.2) is 0 Å².